The molecule has 0 unspecified atom stereocenters. The molecule has 4 aromatic rings. The van der Waals surface area contributed by atoms with Gasteiger partial charge < -0.3 is 14.7 Å². The third-order valence-corrected chi connectivity index (χ3v) is 9.38. The van der Waals surface area contributed by atoms with Crippen LogP contribution in [0.15, 0.2) is 108 Å². The number of likely N-dealkylation sites (N-methyl/N-ethyl adjacent to an activating group) is 1. The fourth-order valence-electron chi connectivity index (χ4n) is 5.46. The van der Waals surface area contributed by atoms with Crippen LogP contribution < -0.4 is 9.46 Å². The van der Waals surface area contributed by atoms with Crippen LogP contribution in [0.25, 0.3) is 11.1 Å². The van der Waals surface area contributed by atoms with Gasteiger partial charge in [-0.15, -0.1) is 0 Å². The molecule has 2 N–H and O–H groups in total. The number of carbonyl (C=O) groups is 1. The predicted octanol–water partition coefficient (Wildman–Crippen LogP) is 5.51. The van der Waals surface area contributed by atoms with Gasteiger partial charge in [-0.1, -0.05) is 85.8 Å². The Morgan fingerprint density at radius 3 is 2.23 bits per heavy atom. The largest absolute Gasteiger partial charge is 0.486 e. The zero-order chi connectivity index (χ0) is 31.3. The number of rotatable bonds is 10. The highest BCUT2D eigenvalue weighted by Crippen LogP contribution is 2.36. The number of para-hydroxylation sites is 1. The molecule has 1 aliphatic heterocycles. The zero-order valence-electron chi connectivity index (χ0n) is 25.3. The Bertz CT molecular complexity index is 1660. The smallest absolute Gasteiger partial charge is 0.262 e. The molecule has 0 radical (unpaired) electrons. The fraction of sp³-hybridized carbons (Fsp3) is 0.286. The molecule has 230 valence electrons. The van der Waals surface area contributed by atoms with Crippen molar-refractivity contribution in [2.45, 2.75) is 37.4 Å². The summed E-state index contributed by atoms with van der Waals surface area (Å²) in [6.45, 7) is 5.19. The van der Waals surface area contributed by atoms with Gasteiger partial charge in [0.1, 0.15) is 6.10 Å². The van der Waals surface area contributed by atoms with E-state index in [2.05, 4.69) is 46.0 Å². The van der Waals surface area contributed by atoms with Crippen LogP contribution in [0.4, 0.5) is 5.69 Å². The molecule has 0 spiro atoms. The summed E-state index contributed by atoms with van der Waals surface area (Å²) in [6.07, 6.45) is -0.383. The van der Waals surface area contributed by atoms with Gasteiger partial charge in [0.15, 0.2) is 5.75 Å². The Labute approximate surface area is 260 Å². The molecule has 4 aromatic carbocycles. The number of anilines is 1. The average Bonchev–Trinajstić information content (AvgIpc) is 3.03. The van der Waals surface area contributed by atoms with Gasteiger partial charge in [0.05, 0.1) is 28.8 Å². The Hall–Kier alpha value is -4.18. The molecule has 1 heterocycles. The van der Waals surface area contributed by atoms with Crippen LogP contribution in [-0.4, -0.2) is 68.1 Å². The number of fused-ring (bicyclic) bond motifs is 1. The molecule has 9 heteroatoms. The van der Waals surface area contributed by atoms with Crippen molar-refractivity contribution in [3.8, 4) is 16.9 Å². The molecular weight excluding hydrogens is 574 g/mol. The summed E-state index contributed by atoms with van der Waals surface area (Å²) < 4.78 is 35.8. The van der Waals surface area contributed by atoms with Gasteiger partial charge >= 0.3 is 0 Å². The highest BCUT2D eigenvalue weighted by atomic mass is 32.2. The number of nitrogens with one attached hydrogen (secondary N) is 1. The summed E-state index contributed by atoms with van der Waals surface area (Å²) in [7, 11) is -1.93. The van der Waals surface area contributed by atoms with E-state index in [1.165, 1.54) is 12.1 Å². The Morgan fingerprint density at radius 2 is 1.57 bits per heavy atom. The minimum atomic E-state index is -3.94. The van der Waals surface area contributed by atoms with Crippen molar-refractivity contribution in [2.24, 2.45) is 5.92 Å². The molecule has 8 nitrogen and oxygen atoms in total. The van der Waals surface area contributed by atoms with E-state index < -0.39 is 16.1 Å². The van der Waals surface area contributed by atoms with Crippen molar-refractivity contribution in [3.05, 3.63) is 114 Å². The van der Waals surface area contributed by atoms with E-state index in [0.717, 1.165) is 16.7 Å². The number of carbonyl (C=O) groups excluding carboxylic acids is 1. The maximum Gasteiger partial charge on any atom is 0.262 e. The molecule has 3 atom stereocenters. The van der Waals surface area contributed by atoms with Crippen LogP contribution in [0.3, 0.4) is 0 Å². The van der Waals surface area contributed by atoms with Gasteiger partial charge in [-0.25, -0.2) is 8.42 Å². The number of benzene rings is 4. The second-order valence-electron chi connectivity index (χ2n) is 11.5. The molecule has 0 saturated carbocycles. The third-order valence-electron chi connectivity index (χ3n) is 7.99. The van der Waals surface area contributed by atoms with E-state index in [4.69, 9.17) is 4.74 Å². The van der Waals surface area contributed by atoms with Crippen molar-refractivity contribution >= 4 is 21.6 Å². The van der Waals surface area contributed by atoms with Crippen molar-refractivity contribution < 1.29 is 23.1 Å². The van der Waals surface area contributed by atoms with Gasteiger partial charge in [0, 0.05) is 25.6 Å². The zero-order valence-corrected chi connectivity index (χ0v) is 26.1. The van der Waals surface area contributed by atoms with Crippen molar-refractivity contribution in [2.75, 3.05) is 31.5 Å². The van der Waals surface area contributed by atoms with Crippen LogP contribution in [0.5, 0.6) is 5.75 Å². The lowest BCUT2D eigenvalue weighted by Gasteiger charge is -2.38. The van der Waals surface area contributed by atoms with Crippen LogP contribution in [-0.2, 0) is 16.6 Å². The molecule has 1 amide bonds. The number of ether oxygens (including phenoxy) is 1. The van der Waals surface area contributed by atoms with Crippen molar-refractivity contribution in [1.82, 2.24) is 9.80 Å². The first kappa shape index (κ1) is 31.3. The number of sulfonamides is 1. The highest BCUT2D eigenvalue weighted by molar-refractivity contribution is 7.92. The fourth-order valence-corrected chi connectivity index (χ4v) is 6.55. The lowest BCUT2D eigenvalue weighted by molar-refractivity contribution is 0.0344. The van der Waals surface area contributed by atoms with E-state index in [1.54, 1.807) is 48.2 Å². The monoisotopic (exact) mass is 613 g/mol. The van der Waals surface area contributed by atoms with Crippen LogP contribution in [0.2, 0.25) is 0 Å². The molecule has 0 fully saturated rings. The second-order valence-corrected chi connectivity index (χ2v) is 13.2. The third kappa shape index (κ3) is 7.13. The standard InChI is InChI=1S/C35H39N3O5S/c1-25-21-38(26(2)24-39)35(40)31-15-10-16-32(36-44(41,42)30-13-8-5-9-14-30)34(31)43-33(25)23-37(3)22-27-17-19-29(20-18-27)28-11-6-4-7-12-28/h4-20,25-26,33,36,39H,21-24H2,1-3H3/t25-,26+,33+/m0/s1. The minimum Gasteiger partial charge on any atom is -0.486 e. The summed E-state index contributed by atoms with van der Waals surface area (Å²) in [4.78, 5) is 17.7. The normalized spacial score (nSPS) is 17.8. The Balaban J connectivity index is 1.42. The van der Waals surface area contributed by atoms with Crippen LogP contribution in [0, 0.1) is 5.92 Å². The van der Waals surface area contributed by atoms with Gasteiger partial charge in [-0.05, 0) is 54.9 Å². The van der Waals surface area contributed by atoms with E-state index in [-0.39, 0.29) is 46.4 Å². The summed E-state index contributed by atoms with van der Waals surface area (Å²) in [6, 6.07) is 31.2. The summed E-state index contributed by atoms with van der Waals surface area (Å²) in [5, 5.41) is 9.98. The lowest BCUT2D eigenvalue weighted by Crippen LogP contribution is -2.49. The Morgan fingerprint density at radius 1 is 0.932 bits per heavy atom. The molecule has 0 aromatic heterocycles. The maximum absolute atomic E-state index is 13.8. The first-order valence-corrected chi connectivity index (χ1v) is 16.3. The number of aliphatic hydroxyl groups is 1. The van der Waals surface area contributed by atoms with Gasteiger partial charge in [-0.2, -0.15) is 0 Å². The molecule has 0 saturated heterocycles. The number of hydrogen-bond donors (Lipinski definition) is 2. The summed E-state index contributed by atoms with van der Waals surface area (Å²) >= 11 is 0. The van der Waals surface area contributed by atoms with Crippen LogP contribution >= 0.6 is 0 Å². The van der Waals surface area contributed by atoms with E-state index in [1.807, 2.05) is 32.2 Å². The summed E-state index contributed by atoms with van der Waals surface area (Å²) in [5.41, 5.74) is 3.90. The van der Waals surface area contributed by atoms with E-state index in [9.17, 15) is 18.3 Å². The molecule has 1 aliphatic rings. The Kier molecular flexibility index (Phi) is 9.68. The number of nitrogens with zero attached hydrogens (tertiary/aromatic N) is 2. The average molecular weight is 614 g/mol. The molecule has 0 aliphatic carbocycles. The van der Waals surface area contributed by atoms with Gasteiger partial charge in [0.25, 0.3) is 15.9 Å². The van der Waals surface area contributed by atoms with Crippen molar-refractivity contribution in [3.63, 3.8) is 0 Å². The second kappa shape index (κ2) is 13.6. The SMILES string of the molecule is C[C@H](CO)N1C[C@H](C)[C@@H](CN(C)Cc2ccc(-c3ccccc3)cc2)Oc2c(NS(=O)(=O)c3ccccc3)cccc2C1=O. The predicted molar refractivity (Wildman–Crippen MR) is 173 cm³/mol. The van der Waals surface area contributed by atoms with Gasteiger partial charge in [-0.3, -0.25) is 14.4 Å². The highest BCUT2D eigenvalue weighted by Gasteiger charge is 2.35. The van der Waals surface area contributed by atoms with Crippen LogP contribution in [0.1, 0.15) is 29.8 Å². The number of aliphatic hydroxyl groups excluding tert-OH is 1. The molecule has 0 bridgehead atoms. The van der Waals surface area contributed by atoms with E-state index >= 15 is 0 Å². The first-order valence-electron chi connectivity index (χ1n) is 14.8. The lowest BCUT2D eigenvalue weighted by atomic mass is 9.98. The topological polar surface area (TPSA) is 99.2 Å². The molecule has 44 heavy (non-hydrogen) atoms. The van der Waals surface area contributed by atoms with Crippen molar-refractivity contribution in [1.29, 1.82) is 0 Å². The minimum absolute atomic E-state index is 0.105. The molecule has 5 rings (SSSR count). The summed E-state index contributed by atoms with van der Waals surface area (Å²) in [5.74, 6) is -0.258. The maximum atomic E-state index is 13.8. The number of hydrogen-bond acceptors (Lipinski definition) is 6. The first-order chi connectivity index (χ1) is 21.2. The van der Waals surface area contributed by atoms with E-state index in [0.29, 0.717) is 19.6 Å². The quantitative estimate of drug-likeness (QED) is 0.245. The number of amides is 1. The van der Waals surface area contributed by atoms with Gasteiger partial charge in [0.2, 0.25) is 0 Å². The molecular formula is C35H39N3O5S.